The molecule has 5 nitrogen and oxygen atoms in total. The first kappa shape index (κ1) is 20.7. The summed E-state index contributed by atoms with van der Waals surface area (Å²) in [4.78, 5) is 0.773. The molecule has 28 heavy (non-hydrogen) atoms. The molecule has 0 atom stereocenters. The van der Waals surface area contributed by atoms with E-state index in [0.717, 1.165) is 11.3 Å². The second kappa shape index (κ2) is 7.09. The van der Waals surface area contributed by atoms with Gasteiger partial charge < -0.3 is 4.52 Å². The standard InChI is InChI=1S/C17H14ClF3N2O3S2/c1-8-11(18)5-4-6-12(8)23-28(24,25)16-10(3)27-9(2)15(16)13-7-14(26-22-13)17(19,20)21/h4-7,23H,1-3H3. The third-order valence-corrected chi connectivity index (χ3v) is 7.13. The Balaban J connectivity index is 2.12. The SMILES string of the molecule is Cc1sc(C)c(S(=O)(=O)Nc2cccc(Cl)c2C)c1-c1cc(C(F)(F)F)on1. The van der Waals surface area contributed by atoms with Crippen molar-refractivity contribution in [1.29, 1.82) is 0 Å². The number of hydrogen-bond acceptors (Lipinski definition) is 5. The molecule has 0 bridgehead atoms. The second-order valence-corrected chi connectivity index (χ2v) is 9.47. The molecule has 2 aromatic heterocycles. The van der Waals surface area contributed by atoms with E-state index in [1.807, 2.05) is 0 Å². The summed E-state index contributed by atoms with van der Waals surface area (Å²) in [6.07, 6.45) is -4.72. The second-order valence-electron chi connectivity index (χ2n) is 6.01. The topological polar surface area (TPSA) is 72.2 Å². The Morgan fingerprint density at radius 3 is 2.46 bits per heavy atom. The molecule has 0 spiro atoms. The molecule has 0 unspecified atom stereocenters. The van der Waals surface area contributed by atoms with Crippen molar-refractivity contribution in [1.82, 2.24) is 5.16 Å². The molecule has 150 valence electrons. The predicted molar refractivity (Wildman–Crippen MR) is 101 cm³/mol. The van der Waals surface area contributed by atoms with Crippen LogP contribution in [0.2, 0.25) is 5.02 Å². The minimum absolute atomic E-state index is 0.0777. The molecule has 0 fully saturated rings. The number of thiophene rings is 1. The Labute approximate surface area is 168 Å². The summed E-state index contributed by atoms with van der Waals surface area (Å²) in [5.74, 6) is -1.30. The Morgan fingerprint density at radius 2 is 1.86 bits per heavy atom. The molecule has 0 amide bonds. The summed E-state index contributed by atoms with van der Waals surface area (Å²) in [5.41, 5.74) is 0.684. The summed E-state index contributed by atoms with van der Waals surface area (Å²) in [6.45, 7) is 4.84. The highest BCUT2D eigenvalue weighted by molar-refractivity contribution is 7.93. The summed E-state index contributed by atoms with van der Waals surface area (Å²) in [7, 11) is -4.13. The van der Waals surface area contributed by atoms with Crippen molar-refractivity contribution in [3.8, 4) is 11.3 Å². The Bertz CT molecular complexity index is 1150. The largest absolute Gasteiger partial charge is 0.452 e. The van der Waals surface area contributed by atoms with Gasteiger partial charge in [-0.15, -0.1) is 11.3 Å². The molecular weight excluding hydrogens is 437 g/mol. The fraction of sp³-hybridized carbons (Fsp3) is 0.235. The van der Waals surface area contributed by atoms with Gasteiger partial charge in [0.15, 0.2) is 0 Å². The molecule has 3 rings (SSSR count). The number of nitrogens with zero attached hydrogens (tertiary/aromatic N) is 1. The average Bonchev–Trinajstić information content (AvgIpc) is 3.15. The zero-order valence-corrected chi connectivity index (χ0v) is 17.2. The number of aryl methyl sites for hydroxylation is 2. The number of rotatable bonds is 4. The lowest BCUT2D eigenvalue weighted by molar-refractivity contribution is -0.155. The van der Waals surface area contributed by atoms with E-state index in [4.69, 9.17) is 11.6 Å². The van der Waals surface area contributed by atoms with E-state index in [9.17, 15) is 21.6 Å². The average molecular weight is 451 g/mol. The van der Waals surface area contributed by atoms with Gasteiger partial charge >= 0.3 is 6.18 Å². The molecule has 11 heteroatoms. The lowest BCUT2D eigenvalue weighted by atomic mass is 10.1. The van der Waals surface area contributed by atoms with E-state index in [0.29, 0.717) is 26.4 Å². The van der Waals surface area contributed by atoms with E-state index < -0.39 is 22.0 Å². The van der Waals surface area contributed by atoms with Crippen LogP contribution in [0.25, 0.3) is 11.3 Å². The Hall–Kier alpha value is -2.04. The van der Waals surface area contributed by atoms with Crippen molar-refractivity contribution >= 4 is 38.6 Å². The molecule has 1 N–H and O–H groups in total. The normalized spacial score (nSPS) is 12.4. The quantitative estimate of drug-likeness (QED) is 0.545. The zero-order valence-electron chi connectivity index (χ0n) is 14.8. The molecule has 0 saturated carbocycles. The van der Waals surface area contributed by atoms with Crippen LogP contribution >= 0.6 is 22.9 Å². The molecule has 0 aliphatic rings. The van der Waals surface area contributed by atoms with Gasteiger partial charge in [0.1, 0.15) is 10.6 Å². The molecule has 0 aliphatic carbocycles. The number of halogens is 4. The van der Waals surface area contributed by atoms with Gasteiger partial charge in [0.2, 0.25) is 5.76 Å². The van der Waals surface area contributed by atoms with Gasteiger partial charge in [-0.3, -0.25) is 4.72 Å². The van der Waals surface area contributed by atoms with E-state index in [-0.39, 0.29) is 21.8 Å². The van der Waals surface area contributed by atoms with Crippen molar-refractivity contribution in [3.05, 3.63) is 50.4 Å². The van der Waals surface area contributed by atoms with Crippen LogP contribution in [0.5, 0.6) is 0 Å². The third kappa shape index (κ3) is 3.76. The fourth-order valence-electron chi connectivity index (χ4n) is 2.72. The first-order valence-electron chi connectivity index (χ1n) is 7.84. The number of alkyl halides is 3. The van der Waals surface area contributed by atoms with Crippen molar-refractivity contribution in [2.75, 3.05) is 4.72 Å². The van der Waals surface area contributed by atoms with E-state index in [2.05, 4.69) is 14.4 Å². The lowest BCUT2D eigenvalue weighted by Gasteiger charge is -2.12. The molecule has 0 saturated heterocycles. The van der Waals surface area contributed by atoms with Crippen LogP contribution in [-0.4, -0.2) is 13.6 Å². The minimum Gasteiger partial charge on any atom is -0.351 e. The number of aromatic nitrogens is 1. The number of sulfonamides is 1. The van der Waals surface area contributed by atoms with Gasteiger partial charge in [-0.2, -0.15) is 13.2 Å². The monoisotopic (exact) mass is 450 g/mol. The summed E-state index contributed by atoms with van der Waals surface area (Å²) < 4.78 is 71.5. The number of hydrogen-bond donors (Lipinski definition) is 1. The number of anilines is 1. The summed E-state index contributed by atoms with van der Waals surface area (Å²) >= 11 is 7.18. The lowest BCUT2D eigenvalue weighted by Crippen LogP contribution is -2.15. The Morgan fingerprint density at radius 1 is 1.18 bits per heavy atom. The maximum atomic E-state index is 13.1. The van der Waals surface area contributed by atoms with Crippen molar-refractivity contribution < 1.29 is 26.1 Å². The van der Waals surface area contributed by atoms with Gasteiger partial charge in [0.25, 0.3) is 10.0 Å². The van der Waals surface area contributed by atoms with Crippen molar-refractivity contribution in [3.63, 3.8) is 0 Å². The zero-order chi connectivity index (χ0) is 20.9. The van der Waals surface area contributed by atoms with Crippen LogP contribution in [0.1, 0.15) is 21.1 Å². The first-order chi connectivity index (χ1) is 12.9. The summed E-state index contributed by atoms with van der Waals surface area (Å²) in [5, 5.41) is 3.82. The van der Waals surface area contributed by atoms with Gasteiger partial charge in [-0.25, -0.2) is 8.42 Å². The number of benzene rings is 1. The maximum absolute atomic E-state index is 13.1. The molecule has 3 aromatic rings. The third-order valence-electron chi connectivity index (χ3n) is 4.03. The molecular formula is C17H14ClF3N2O3S2. The highest BCUT2D eigenvalue weighted by Crippen LogP contribution is 2.41. The van der Waals surface area contributed by atoms with Crippen molar-refractivity contribution in [2.24, 2.45) is 0 Å². The smallest absolute Gasteiger partial charge is 0.351 e. The summed E-state index contributed by atoms with van der Waals surface area (Å²) in [6, 6.07) is 5.45. The maximum Gasteiger partial charge on any atom is 0.452 e. The molecule has 0 aliphatic heterocycles. The highest BCUT2D eigenvalue weighted by Gasteiger charge is 2.37. The fourth-order valence-corrected chi connectivity index (χ4v) is 5.90. The van der Waals surface area contributed by atoms with Crippen LogP contribution in [0.3, 0.4) is 0 Å². The van der Waals surface area contributed by atoms with Crippen LogP contribution in [-0.2, 0) is 16.2 Å². The Kier molecular flexibility index (Phi) is 5.24. The van der Waals surface area contributed by atoms with Crippen LogP contribution < -0.4 is 4.72 Å². The number of nitrogens with one attached hydrogen (secondary N) is 1. The van der Waals surface area contributed by atoms with E-state index in [1.165, 1.54) is 0 Å². The predicted octanol–water partition coefficient (Wildman–Crippen LogP) is 5.80. The molecule has 2 heterocycles. The van der Waals surface area contributed by atoms with Gasteiger partial charge in [-0.1, -0.05) is 22.8 Å². The van der Waals surface area contributed by atoms with Crippen LogP contribution in [0.4, 0.5) is 18.9 Å². The molecule has 0 radical (unpaired) electrons. The van der Waals surface area contributed by atoms with Crippen LogP contribution in [0.15, 0.2) is 33.7 Å². The van der Waals surface area contributed by atoms with Gasteiger partial charge in [-0.05, 0) is 38.5 Å². The van der Waals surface area contributed by atoms with Crippen molar-refractivity contribution in [2.45, 2.75) is 31.8 Å². The molecule has 1 aromatic carbocycles. The first-order valence-corrected chi connectivity index (χ1v) is 10.5. The van der Waals surface area contributed by atoms with Gasteiger partial charge in [0.05, 0.1) is 5.69 Å². The minimum atomic E-state index is -4.72. The van der Waals surface area contributed by atoms with E-state index >= 15 is 0 Å². The van der Waals surface area contributed by atoms with Crippen LogP contribution in [0, 0.1) is 20.8 Å². The van der Waals surface area contributed by atoms with Gasteiger partial charge in [0, 0.05) is 26.4 Å². The highest BCUT2D eigenvalue weighted by atomic mass is 35.5. The van der Waals surface area contributed by atoms with E-state index in [1.54, 1.807) is 39.0 Å².